The Kier molecular flexibility index (Phi) is 4.50. The second-order valence-corrected chi connectivity index (χ2v) is 6.57. The number of carboxylic acid groups (broad SMARTS) is 1. The number of aliphatic carboxylic acids is 1. The molecule has 0 aliphatic carbocycles. The molecule has 6 heteroatoms. The zero-order valence-corrected chi connectivity index (χ0v) is 13.4. The molecule has 124 valence electrons. The highest BCUT2D eigenvalue weighted by Gasteiger charge is 2.34. The minimum Gasteiger partial charge on any atom is -0.480 e. The van der Waals surface area contributed by atoms with Crippen LogP contribution in [0.4, 0.5) is 5.82 Å². The molecule has 1 atom stereocenters. The molecule has 1 aromatic heterocycles. The van der Waals surface area contributed by atoms with E-state index in [-0.39, 0.29) is 5.91 Å². The van der Waals surface area contributed by atoms with Crippen LogP contribution in [0.5, 0.6) is 0 Å². The number of piperidine rings is 1. The van der Waals surface area contributed by atoms with E-state index in [1.807, 2.05) is 6.07 Å². The quantitative estimate of drug-likeness (QED) is 0.923. The van der Waals surface area contributed by atoms with Gasteiger partial charge >= 0.3 is 5.97 Å². The number of amides is 1. The van der Waals surface area contributed by atoms with E-state index in [9.17, 15) is 14.7 Å². The van der Waals surface area contributed by atoms with Gasteiger partial charge in [-0.3, -0.25) is 4.79 Å². The third-order valence-electron chi connectivity index (χ3n) is 4.90. The van der Waals surface area contributed by atoms with Crippen LogP contribution in [0, 0.1) is 5.92 Å². The van der Waals surface area contributed by atoms with Crippen molar-refractivity contribution in [3.63, 3.8) is 0 Å². The molecule has 2 aliphatic heterocycles. The Balaban J connectivity index is 1.69. The maximum absolute atomic E-state index is 12.5. The van der Waals surface area contributed by atoms with E-state index in [1.165, 1.54) is 4.90 Å². The standard InChI is InChI=1S/C17H23N3O3/c1-12-6-9-19(10-7-12)15-5-4-13(11-18-15)16(21)20-8-2-3-14(20)17(22)23/h4-5,11-12,14H,2-3,6-10H2,1H3,(H,22,23)/t14-/m0/s1. The largest absolute Gasteiger partial charge is 0.480 e. The highest BCUT2D eigenvalue weighted by atomic mass is 16.4. The van der Waals surface area contributed by atoms with E-state index in [0.29, 0.717) is 18.5 Å². The Hall–Kier alpha value is -2.11. The summed E-state index contributed by atoms with van der Waals surface area (Å²) < 4.78 is 0. The average Bonchev–Trinajstić information content (AvgIpc) is 3.05. The minimum absolute atomic E-state index is 0.235. The topological polar surface area (TPSA) is 73.7 Å². The summed E-state index contributed by atoms with van der Waals surface area (Å²) in [5.74, 6) is 0.490. The van der Waals surface area contributed by atoms with Crippen molar-refractivity contribution in [2.24, 2.45) is 5.92 Å². The number of nitrogens with zero attached hydrogens (tertiary/aromatic N) is 3. The summed E-state index contributed by atoms with van der Waals surface area (Å²) in [6, 6.07) is 2.93. The molecule has 0 bridgehead atoms. The van der Waals surface area contributed by atoms with Crippen LogP contribution in [0.15, 0.2) is 18.3 Å². The third-order valence-corrected chi connectivity index (χ3v) is 4.90. The summed E-state index contributed by atoms with van der Waals surface area (Å²) in [4.78, 5) is 31.8. The minimum atomic E-state index is -0.928. The maximum Gasteiger partial charge on any atom is 0.326 e. The van der Waals surface area contributed by atoms with E-state index in [2.05, 4.69) is 16.8 Å². The molecule has 2 saturated heterocycles. The molecule has 2 fully saturated rings. The van der Waals surface area contributed by atoms with E-state index in [1.54, 1.807) is 12.3 Å². The number of carbonyl (C=O) groups excluding carboxylic acids is 1. The first-order chi connectivity index (χ1) is 11.1. The molecule has 1 aromatic rings. The second-order valence-electron chi connectivity index (χ2n) is 6.57. The van der Waals surface area contributed by atoms with Crippen LogP contribution < -0.4 is 4.90 Å². The first kappa shape index (κ1) is 15.8. The van der Waals surface area contributed by atoms with Crippen LogP contribution in [0.2, 0.25) is 0 Å². The highest BCUT2D eigenvalue weighted by molar-refractivity contribution is 5.96. The number of likely N-dealkylation sites (tertiary alicyclic amines) is 1. The van der Waals surface area contributed by atoms with Crippen molar-refractivity contribution in [3.05, 3.63) is 23.9 Å². The third kappa shape index (κ3) is 3.30. The Labute approximate surface area is 136 Å². The number of carbonyl (C=O) groups is 2. The van der Waals surface area contributed by atoms with E-state index < -0.39 is 12.0 Å². The molecule has 3 heterocycles. The molecule has 0 unspecified atom stereocenters. The zero-order valence-electron chi connectivity index (χ0n) is 13.4. The Morgan fingerprint density at radius 1 is 1.17 bits per heavy atom. The number of hydrogen-bond donors (Lipinski definition) is 1. The van der Waals surface area contributed by atoms with Gasteiger partial charge in [-0.2, -0.15) is 0 Å². The van der Waals surface area contributed by atoms with E-state index in [0.717, 1.165) is 44.1 Å². The van der Waals surface area contributed by atoms with Gasteiger partial charge in [-0.05, 0) is 43.7 Å². The van der Waals surface area contributed by atoms with Crippen molar-refractivity contribution in [2.75, 3.05) is 24.5 Å². The summed E-state index contributed by atoms with van der Waals surface area (Å²) in [5, 5.41) is 9.20. The SMILES string of the molecule is CC1CCN(c2ccc(C(=O)N3CCC[C@H]3C(=O)O)cn2)CC1. The van der Waals surface area contributed by atoms with Gasteiger partial charge in [0.25, 0.3) is 5.91 Å². The lowest BCUT2D eigenvalue weighted by Crippen LogP contribution is -2.40. The number of anilines is 1. The van der Waals surface area contributed by atoms with Crippen LogP contribution in [-0.2, 0) is 4.79 Å². The number of carboxylic acids is 1. The zero-order chi connectivity index (χ0) is 16.4. The lowest BCUT2D eigenvalue weighted by Gasteiger charge is -2.31. The molecule has 0 aromatic carbocycles. The normalized spacial score (nSPS) is 22.4. The van der Waals surface area contributed by atoms with Crippen molar-refractivity contribution in [3.8, 4) is 0 Å². The van der Waals surface area contributed by atoms with Crippen LogP contribution in [0.25, 0.3) is 0 Å². The second kappa shape index (κ2) is 6.56. The van der Waals surface area contributed by atoms with Gasteiger partial charge in [0.05, 0.1) is 5.56 Å². The van der Waals surface area contributed by atoms with Gasteiger partial charge in [0.1, 0.15) is 11.9 Å². The van der Waals surface area contributed by atoms with Crippen molar-refractivity contribution < 1.29 is 14.7 Å². The molecule has 3 rings (SSSR count). The Bertz CT molecular complexity index is 579. The van der Waals surface area contributed by atoms with Gasteiger partial charge < -0.3 is 14.9 Å². The molecule has 23 heavy (non-hydrogen) atoms. The van der Waals surface area contributed by atoms with E-state index in [4.69, 9.17) is 0 Å². The fraction of sp³-hybridized carbons (Fsp3) is 0.588. The van der Waals surface area contributed by atoms with Gasteiger partial charge in [-0.25, -0.2) is 9.78 Å². The lowest BCUT2D eigenvalue weighted by molar-refractivity contribution is -0.141. The molecule has 0 radical (unpaired) electrons. The van der Waals surface area contributed by atoms with Crippen molar-refractivity contribution in [1.29, 1.82) is 0 Å². The number of aromatic nitrogens is 1. The predicted molar refractivity (Wildman–Crippen MR) is 86.5 cm³/mol. The number of hydrogen-bond acceptors (Lipinski definition) is 4. The first-order valence-corrected chi connectivity index (χ1v) is 8.31. The summed E-state index contributed by atoms with van der Waals surface area (Å²) in [6.07, 6.45) is 5.17. The predicted octanol–water partition coefficient (Wildman–Crippen LogP) is 2.01. The van der Waals surface area contributed by atoms with Gasteiger partial charge in [0.2, 0.25) is 0 Å². The molecule has 1 N–H and O–H groups in total. The highest BCUT2D eigenvalue weighted by Crippen LogP contribution is 2.23. The summed E-state index contributed by atoms with van der Waals surface area (Å²) >= 11 is 0. The summed E-state index contributed by atoms with van der Waals surface area (Å²) in [6.45, 7) is 4.76. The monoisotopic (exact) mass is 317 g/mol. The number of pyridine rings is 1. The van der Waals surface area contributed by atoms with Crippen LogP contribution in [0.3, 0.4) is 0 Å². The van der Waals surface area contributed by atoms with Crippen molar-refractivity contribution >= 4 is 17.7 Å². The Morgan fingerprint density at radius 3 is 2.52 bits per heavy atom. The first-order valence-electron chi connectivity index (χ1n) is 8.31. The lowest BCUT2D eigenvalue weighted by atomic mass is 9.99. The number of rotatable bonds is 3. The Morgan fingerprint density at radius 2 is 1.91 bits per heavy atom. The summed E-state index contributed by atoms with van der Waals surface area (Å²) in [7, 11) is 0. The molecule has 2 aliphatic rings. The average molecular weight is 317 g/mol. The molecule has 1 amide bonds. The van der Waals surface area contributed by atoms with E-state index >= 15 is 0 Å². The van der Waals surface area contributed by atoms with Crippen LogP contribution in [-0.4, -0.2) is 52.5 Å². The molecule has 0 saturated carbocycles. The summed E-state index contributed by atoms with van der Waals surface area (Å²) in [5.41, 5.74) is 0.465. The smallest absolute Gasteiger partial charge is 0.326 e. The van der Waals surface area contributed by atoms with Crippen LogP contribution in [0.1, 0.15) is 43.0 Å². The van der Waals surface area contributed by atoms with Gasteiger partial charge in [-0.15, -0.1) is 0 Å². The van der Waals surface area contributed by atoms with Crippen LogP contribution >= 0.6 is 0 Å². The fourth-order valence-corrected chi connectivity index (χ4v) is 3.37. The van der Waals surface area contributed by atoms with Crippen molar-refractivity contribution in [1.82, 2.24) is 9.88 Å². The maximum atomic E-state index is 12.5. The molecular formula is C17H23N3O3. The molecule has 0 spiro atoms. The van der Waals surface area contributed by atoms with Gasteiger partial charge in [-0.1, -0.05) is 6.92 Å². The van der Waals surface area contributed by atoms with Gasteiger partial charge in [0, 0.05) is 25.8 Å². The fourth-order valence-electron chi connectivity index (χ4n) is 3.37. The molecular weight excluding hydrogens is 294 g/mol. The van der Waals surface area contributed by atoms with Gasteiger partial charge in [0.15, 0.2) is 0 Å². The van der Waals surface area contributed by atoms with Crippen molar-refractivity contribution in [2.45, 2.75) is 38.6 Å². The molecule has 6 nitrogen and oxygen atoms in total.